The predicted molar refractivity (Wildman–Crippen MR) is 125 cm³/mol. The summed E-state index contributed by atoms with van der Waals surface area (Å²) >= 11 is 0. The maximum atomic E-state index is 13.2. The van der Waals surface area contributed by atoms with Crippen LogP contribution < -0.4 is 9.46 Å². The first-order valence-corrected chi connectivity index (χ1v) is 11.6. The molecular weight excluding hydrogens is 424 g/mol. The van der Waals surface area contributed by atoms with Crippen molar-refractivity contribution >= 4 is 26.8 Å². The lowest BCUT2D eigenvalue weighted by atomic mass is 10.0. The molecule has 1 aromatic heterocycles. The van der Waals surface area contributed by atoms with Gasteiger partial charge in [0.15, 0.2) is 0 Å². The number of carbonyl (C=O) groups excluding carboxylic acids is 1. The quantitative estimate of drug-likeness (QED) is 0.473. The fourth-order valence-electron chi connectivity index (χ4n) is 3.88. The monoisotopic (exact) mass is 448 g/mol. The Morgan fingerprint density at radius 2 is 1.59 bits per heavy atom. The fraction of sp³-hybridized carbons (Fsp3) is 0.160. The number of ether oxygens (including phenoxy) is 1. The number of rotatable bonds is 6. The molecule has 164 valence electrons. The molecule has 7 heteroatoms. The summed E-state index contributed by atoms with van der Waals surface area (Å²) in [7, 11) is -2.44. The van der Waals surface area contributed by atoms with E-state index in [-0.39, 0.29) is 10.6 Å². The molecule has 3 aromatic carbocycles. The van der Waals surface area contributed by atoms with Gasteiger partial charge in [-0.15, -0.1) is 0 Å². The molecule has 1 N–H and O–H groups in total. The molecular formula is C25H24N2O4S. The van der Waals surface area contributed by atoms with E-state index in [4.69, 9.17) is 4.74 Å². The Bertz CT molecular complexity index is 1390. The van der Waals surface area contributed by atoms with E-state index in [0.717, 1.165) is 27.6 Å². The Balaban J connectivity index is 1.83. The SMILES string of the molecule is COc1cccc2c1cc(C(=O)NS(=O)(=O)c1ccccc1)n2Cc1c(C)cccc1C. The normalized spacial score (nSPS) is 11.5. The summed E-state index contributed by atoms with van der Waals surface area (Å²) in [6, 6.07) is 21.1. The molecule has 4 aromatic rings. The highest BCUT2D eigenvalue weighted by atomic mass is 32.2. The molecule has 0 spiro atoms. The van der Waals surface area contributed by atoms with Gasteiger partial charge >= 0.3 is 0 Å². The second kappa shape index (κ2) is 8.51. The molecule has 0 aliphatic carbocycles. The summed E-state index contributed by atoms with van der Waals surface area (Å²) in [6.07, 6.45) is 0. The van der Waals surface area contributed by atoms with Crippen molar-refractivity contribution in [1.29, 1.82) is 0 Å². The van der Waals surface area contributed by atoms with E-state index in [0.29, 0.717) is 12.3 Å². The molecule has 0 aliphatic rings. The summed E-state index contributed by atoms with van der Waals surface area (Å²) in [5.74, 6) is -0.0823. The standard InChI is InChI=1S/C25H24N2O4S/c1-17-9-7-10-18(2)21(17)16-27-22-13-8-14-24(31-3)20(22)15-23(27)25(28)26-32(29,30)19-11-5-4-6-12-19/h4-15H,16H2,1-3H3,(H,26,28). The number of hydrogen-bond acceptors (Lipinski definition) is 4. The minimum Gasteiger partial charge on any atom is -0.496 e. The highest BCUT2D eigenvalue weighted by Gasteiger charge is 2.24. The van der Waals surface area contributed by atoms with Crippen LogP contribution in [0.4, 0.5) is 0 Å². The van der Waals surface area contributed by atoms with E-state index < -0.39 is 15.9 Å². The van der Waals surface area contributed by atoms with Gasteiger partial charge in [-0.05, 0) is 60.9 Å². The summed E-state index contributed by atoms with van der Waals surface area (Å²) in [4.78, 5) is 13.3. The van der Waals surface area contributed by atoms with Gasteiger partial charge in [0.1, 0.15) is 11.4 Å². The maximum Gasteiger partial charge on any atom is 0.281 e. The Morgan fingerprint density at radius 1 is 0.938 bits per heavy atom. The molecule has 0 bridgehead atoms. The highest BCUT2D eigenvalue weighted by molar-refractivity contribution is 7.90. The van der Waals surface area contributed by atoms with Crippen LogP contribution in [-0.4, -0.2) is 26.0 Å². The maximum absolute atomic E-state index is 13.2. The van der Waals surface area contributed by atoms with E-state index in [1.54, 1.807) is 31.4 Å². The minimum atomic E-state index is -4.01. The molecule has 32 heavy (non-hydrogen) atoms. The molecule has 0 saturated carbocycles. The lowest BCUT2D eigenvalue weighted by Crippen LogP contribution is -2.32. The zero-order chi connectivity index (χ0) is 22.9. The van der Waals surface area contributed by atoms with Crippen LogP contribution in [0.15, 0.2) is 77.7 Å². The van der Waals surface area contributed by atoms with Gasteiger partial charge < -0.3 is 9.30 Å². The Hall–Kier alpha value is -3.58. The summed E-state index contributed by atoms with van der Waals surface area (Å²) in [6.45, 7) is 4.46. The second-order valence-electron chi connectivity index (χ2n) is 7.63. The predicted octanol–water partition coefficient (Wildman–Crippen LogP) is 4.43. The number of nitrogens with one attached hydrogen (secondary N) is 1. The van der Waals surface area contributed by atoms with Crippen molar-refractivity contribution in [3.63, 3.8) is 0 Å². The third-order valence-corrected chi connectivity index (χ3v) is 6.95. The van der Waals surface area contributed by atoms with Gasteiger partial charge in [-0.3, -0.25) is 4.79 Å². The smallest absolute Gasteiger partial charge is 0.281 e. The first-order chi connectivity index (χ1) is 15.3. The van der Waals surface area contributed by atoms with Gasteiger partial charge in [0.25, 0.3) is 15.9 Å². The zero-order valence-electron chi connectivity index (χ0n) is 18.1. The lowest BCUT2D eigenvalue weighted by Gasteiger charge is -2.15. The van der Waals surface area contributed by atoms with Gasteiger partial charge in [0.2, 0.25) is 0 Å². The molecule has 0 atom stereocenters. The lowest BCUT2D eigenvalue weighted by molar-refractivity contribution is 0.0973. The first-order valence-electron chi connectivity index (χ1n) is 10.2. The van der Waals surface area contributed by atoms with Gasteiger partial charge in [0, 0.05) is 11.9 Å². The number of fused-ring (bicyclic) bond motifs is 1. The molecule has 1 amide bonds. The first kappa shape index (κ1) is 21.6. The Kier molecular flexibility index (Phi) is 5.76. The number of aromatic nitrogens is 1. The minimum absolute atomic E-state index is 0.0309. The Morgan fingerprint density at radius 3 is 2.25 bits per heavy atom. The van der Waals surface area contributed by atoms with E-state index in [2.05, 4.69) is 4.72 Å². The summed E-state index contributed by atoms with van der Waals surface area (Å²) in [5, 5.41) is 0.739. The average Bonchev–Trinajstić information content (AvgIpc) is 3.15. The largest absolute Gasteiger partial charge is 0.496 e. The third-order valence-electron chi connectivity index (χ3n) is 5.60. The van der Waals surface area contributed by atoms with Crippen LogP contribution in [0.3, 0.4) is 0 Å². The number of sulfonamides is 1. The highest BCUT2D eigenvalue weighted by Crippen LogP contribution is 2.30. The molecule has 0 fully saturated rings. The van der Waals surface area contributed by atoms with Crippen molar-refractivity contribution in [2.24, 2.45) is 0 Å². The number of amides is 1. The molecule has 0 saturated heterocycles. The van der Waals surface area contributed by atoms with Crippen LogP contribution in [0.2, 0.25) is 0 Å². The molecule has 1 heterocycles. The van der Waals surface area contributed by atoms with Crippen molar-refractivity contribution < 1.29 is 17.9 Å². The Labute approximate surface area is 187 Å². The summed E-state index contributed by atoms with van der Waals surface area (Å²) in [5.41, 5.74) is 4.30. The average molecular weight is 449 g/mol. The van der Waals surface area contributed by atoms with Crippen LogP contribution in [0.25, 0.3) is 10.9 Å². The molecule has 0 radical (unpaired) electrons. The van der Waals surface area contributed by atoms with Crippen LogP contribution in [0, 0.1) is 13.8 Å². The van der Waals surface area contributed by atoms with Gasteiger partial charge in [-0.2, -0.15) is 0 Å². The molecule has 0 unspecified atom stereocenters. The number of benzene rings is 3. The van der Waals surface area contributed by atoms with Crippen molar-refractivity contribution in [3.05, 3.63) is 95.2 Å². The van der Waals surface area contributed by atoms with Crippen LogP contribution >= 0.6 is 0 Å². The molecule has 6 nitrogen and oxygen atoms in total. The topological polar surface area (TPSA) is 77.4 Å². The fourth-order valence-corrected chi connectivity index (χ4v) is 4.87. The van der Waals surface area contributed by atoms with Gasteiger partial charge in [0.05, 0.1) is 17.5 Å². The number of nitrogens with zero attached hydrogens (tertiary/aromatic N) is 1. The van der Waals surface area contributed by atoms with E-state index in [1.807, 2.05) is 54.8 Å². The van der Waals surface area contributed by atoms with Crippen molar-refractivity contribution in [2.45, 2.75) is 25.3 Å². The van der Waals surface area contributed by atoms with E-state index in [1.165, 1.54) is 12.1 Å². The number of hydrogen-bond donors (Lipinski definition) is 1. The van der Waals surface area contributed by atoms with Crippen molar-refractivity contribution in [3.8, 4) is 5.75 Å². The van der Waals surface area contributed by atoms with Crippen molar-refractivity contribution in [1.82, 2.24) is 9.29 Å². The summed E-state index contributed by atoms with van der Waals surface area (Å²) < 4.78 is 35.1. The van der Waals surface area contributed by atoms with Crippen molar-refractivity contribution in [2.75, 3.05) is 7.11 Å². The van der Waals surface area contributed by atoms with Crippen LogP contribution in [0.5, 0.6) is 5.75 Å². The molecule has 0 aliphatic heterocycles. The van der Waals surface area contributed by atoms with E-state index >= 15 is 0 Å². The number of carbonyl (C=O) groups is 1. The van der Waals surface area contributed by atoms with Gasteiger partial charge in [-0.1, -0.05) is 42.5 Å². The zero-order valence-corrected chi connectivity index (χ0v) is 18.9. The number of methoxy groups -OCH3 is 1. The van der Waals surface area contributed by atoms with E-state index in [9.17, 15) is 13.2 Å². The second-order valence-corrected chi connectivity index (χ2v) is 9.31. The van der Waals surface area contributed by atoms with Crippen LogP contribution in [0.1, 0.15) is 27.2 Å². The van der Waals surface area contributed by atoms with Gasteiger partial charge in [-0.25, -0.2) is 13.1 Å². The van der Waals surface area contributed by atoms with Crippen LogP contribution in [-0.2, 0) is 16.6 Å². The number of aryl methyl sites for hydroxylation is 2. The third kappa shape index (κ3) is 3.99. The molecule has 4 rings (SSSR count).